The third-order valence-electron chi connectivity index (χ3n) is 4.70. The van der Waals surface area contributed by atoms with Crippen molar-refractivity contribution >= 4 is 52.9 Å². The van der Waals surface area contributed by atoms with Gasteiger partial charge in [0.15, 0.2) is 5.82 Å². The summed E-state index contributed by atoms with van der Waals surface area (Å²) in [6, 6.07) is 10.9. The van der Waals surface area contributed by atoms with Gasteiger partial charge in [-0.3, -0.25) is 0 Å². The predicted molar refractivity (Wildman–Crippen MR) is 138 cm³/mol. The molecule has 0 unspecified atom stereocenters. The molecule has 7 nitrogen and oxygen atoms in total. The Labute approximate surface area is 199 Å². The molecule has 0 radical (unpaired) electrons. The quantitative estimate of drug-likeness (QED) is 0.228. The van der Waals surface area contributed by atoms with Crippen molar-refractivity contribution in [1.82, 2.24) is 9.97 Å². The Morgan fingerprint density at radius 1 is 1.18 bits per heavy atom. The van der Waals surface area contributed by atoms with Crippen LogP contribution in [0.25, 0.3) is 0 Å². The van der Waals surface area contributed by atoms with E-state index in [4.69, 9.17) is 22.1 Å². The molecular weight excluding hydrogens is 457 g/mol. The van der Waals surface area contributed by atoms with Crippen LogP contribution in [-0.2, 0) is 4.57 Å². The molecule has 3 rings (SSSR count). The van der Waals surface area contributed by atoms with Gasteiger partial charge in [0.25, 0.3) is 0 Å². The number of nitrogens with two attached hydrogens (primary N) is 1. The number of nitrogens with one attached hydrogen (secondary N) is 2. The molecule has 9 heteroatoms. The van der Waals surface area contributed by atoms with E-state index in [1.807, 2.05) is 24.3 Å². The fourth-order valence-corrected chi connectivity index (χ4v) is 4.36. The van der Waals surface area contributed by atoms with Crippen LogP contribution >= 0.6 is 18.7 Å². The number of methoxy groups -OCH3 is 1. The molecule has 0 saturated carbocycles. The zero-order valence-corrected chi connectivity index (χ0v) is 20.7. The summed E-state index contributed by atoms with van der Waals surface area (Å²) >= 11 is 6.34. The molecule has 0 aliphatic rings. The van der Waals surface area contributed by atoms with Gasteiger partial charge in [0, 0.05) is 23.5 Å². The lowest BCUT2D eigenvalue weighted by Gasteiger charge is -2.16. The second-order valence-electron chi connectivity index (χ2n) is 7.70. The molecule has 0 spiro atoms. The summed E-state index contributed by atoms with van der Waals surface area (Å²) in [5.74, 6) is 7.39. The summed E-state index contributed by atoms with van der Waals surface area (Å²) in [5.41, 5.74) is 8.68. The number of hydrogen-bond donors (Lipinski definition) is 3. The Kier molecular flexibility index (Phi) is 7.86. The lowest BCUT2D eigenvalue weighted by molar-refractivity contribution is 0.416. The van der Waals surface area contributed by atoms with E-state index in [1.165, 1.54) is 6.20 Å². The van der Waals surface area contributed by atoms with Gasteiger partial charge in [-0.2, -0.15) is 4.98 Å². The predicted octanol–water partition coefficient (Wildman–Crippen LogP) is 5.61. The van der Waals surface area contributed by atoms with Crippen LogP contribution in [0.5, 0.6) is 5.75 Å². The molecule has 0 bridgehead atoms. The average Bonchev–Trinajstić information content (AvgIpc) is 2.77. The molecule has 33 heavy (non-hydrogen) atoms. The monoisotopic (exact) mass is 483 g/mol. The van der Waals surface area contributed by atoms with Gasteiger partial charge in [0.05, 0.1) is 30.2 Å². The summed E-state index contributed by atoms with van der Waals surface area (Å²) < 4.78 is 18.2. The number of nitrogen functional groups attached to an aromatic ring is 1. The Hall–Kier alpha value is -3.20. The van der Waals surface area contributed by atoms with E-state index in [2.05, 4.69) is 39.4 Å². The second-order valence-corrected chi connectivity index (χ2v) is 11.3. The molecule has 0 amide bonds. The smallest absolute Gasteiger partial charge is 0.229 e. The molecule has 1 heterocycles. The number of aromatic nitrogens is 2. The largest absolute Gasteiger partial charge is 0.495 e. The molecule has 0 saturated heterocycles. The summed E-state index contributed by atoms with van der Waals surface area (Å²) in [5, 5.41) is 7.35. The maximum absolute atomic E-state index is 12.7. The third kappa shape index (κ3) is 6.19. The molecule has 0 aliphatic carbocycles. The van der Waals surface area contributed by atoms with E-state index in [9.17, 15) is 4.57 Å². The second kappa shape index (κ2) is 10.6. The van der Waals surface area contributed by atoms with E-state index < -0.39 is 7.14 Å². The number of para-hydroxylation sites is 1. The molecule has 172 valence electrons. The maximum atomic E-state index is 12.7. The molecule has 2 aromatic carbocycles. The third-order valence-corrected chi connectivity index (χ3v) is 6.52. The van der Waals surface area contributed by atoms with E-state index in [0.717, 1.165) is 12.8 Å². The number of hydrogen-bond acceptors (Lipinski definition) is 7. The number of rotatable bonds is 7. The number of halogens is 1. The highest BCUT2D eigenvalue weighted by Crippen LogP contribution is 2.39. The van der Waals surface area contributed by atoms with Crippen molar-refractivity contribution in [3.05, 3.63) is 53.2 Å². The van der Waals surface area contributed by atoms with Crippen molar-refractivity contribution in [3.63, 3.8) is 0 Å². The van der Waals surface area contributed by atoms with Gasteiger partial charge in [-0.05, 0) is 37.9 Å². The zero-order valence-electron chi connectivity index (χ0n) is 19.1. The van der Waals surface area contributed by atoms with Crippen molar-refractivity contribution in [2.24, 2.45) is 0 Å². The van der Waals surface area contributed by atoms with Gasteiger partial charge in [-0.15, -0.1) is 0 Å². The molecule has 3 aromatic rings. The first kappa shape index (κ1) is 24.4. The lowest BCUT2D eigenvalue weighted by Crippen LogP contribution is -2.11. The van der Waals surface area contributed by atoms with Crippen LogP contribution < -0.4 is 26.4 Å². The standard InChI is InChI=1S/C24H27ClN5O2P/c1-5-6-7-10-16-13-21(32-2)20(14-18(16)26)29-24-27-15-17(25)23(30-24)28-19-11-8-9-12-22(19)33(3,4)31/h8-9,11-15H,5-6,26H2,1-4H3,(H2,27,28,29,30). The first-order valence-electron chi connectivity index (χ1n) is 10.4. The van der Waals surface area contributed by atoms with Crippen molar-refractivity contribution in [2.75, 3.05) is 36.8 Å². The molecule has 0 aliphatic heterocycles. The molecule has 0 atom stereocenters. The van der Waals surface area contributed by atoms with Gasteiger partial charge in [-0.1, -0.05) is 42.5 Å². The highest BCUT2D eigenvalue weighted by molar-refractivity contribution is 7.70. The molecular formula is C24H27ClN5O2P. The highest BCUT2D eigenvalue weighted by atomic mass is 35.5. The first-order chi connectivity index (χ1) is 15.7. The van der Waals surface area contributed by atoms with Gasteiger partial charge in [0.1, 0.15) is 17.9 Å². The summed E-state index contributed by atoms with van der Waals surface area (Å²) in [6.07, 6.45) is 3.26. The van der Waals surface area contributed by atoms with Crippen molar-refractivity contribution in [2.45, 2.75) is 19.8 Å². The zero-order chi connectivity index (χ0) is 24.0. The van der Waals surface area contributed by atoms with Gasteiger partial charge in [0.2, 0.25) is 5.95 Å². The maximum Gasteiger partial charge on any atom is 0.229 e. The minimum Gasteiger partial charge on any atom is -0.495 e. The van der Waals surface area contributed by atoms with Crippen LogP contribution in [0, 0.1) is 11.8 Å². The summed E-state index contributed by atoms with van der Waals surface area (Å²) in [7, 11) is -0.942. The normalized spacial score (nSPS) is 10.8. The highest BCUT2D eigenvalue weighted by Gasteiger charge is 2.17. The van der Waals surface area contributed by atoms with Crippen LogP contribution in [-0.4, -0.2) is 30.4 Å². The Morgan fingerprint density at radius 3 is 2.64 bits per heavy atom. The van der Waals surface area contributed by atoms with E-state index in [-0.39, 0.29) is 5.95 Å². The molecule has 0 fully saturated rings. The number of unbranched alkanes of at least 4 members (excludes halogenated alkanes) is 1. The minimum absolute atomic E-state index is 0.290. The van der Waals surface area contributed by atoms with E-state index in [1.54, 1.807) is 32.6 Å². The Bertz CT molecular complexity index is 1260. The van der Waals surface area contributed by atoms with Gasteiger partial charge in [-0.25, -0.2) is 4.98 Å². The molecule has 4 N–H and O–H groups in total. The van der Waals surface area contributed by atoms with Crippen molar-refractivity contribution < 1.29 is 9.30 Å². The summed E-state index contributed by atoms with van der Waals surface area (Å²) in [6.45, 7) is 5.51. The fourth-order valence-electron chi connectivity index (χ4n) is 3.07. The van der Waals surface area contributed by atoms with Crippen LogP contribution in [0.4, 0.5) is 28.8 Å². The number of ether oxygens (including phenoxy) is 1. The van der Waals surface area contributed by atoms with Crippen LogP contribution in [0.2, 0.25) is 5.02 Å². The fraction of sp³-hybridized carbons (Fsp3) is 0.250. The Balaban J connectivity index is 1.92. The molecule has 1 aromatic heterocycles. The average molecular weight is 484 g/mol. The number of benzene rings is 2. The van der Waals surface area contributed by atoms with Gasteiger partial charge < -0.3 is 25.7 Å². The minimum atomic E-state index is -2.51. The lowest BCUT2D eigenvalue weighted by atomic mass is 10.1. The van der Waals surface area contributed by atoms with E-state index >= 15 is 0 Å². The van der Waals surface area contributed by atoms with Crippen molar-refractivity contribution in [3.8, 4) is 17.6 Å². The number of nitrogens with zero attached hydrogens (tertiary/aromatic N) is 2. The van der Waals surface area contributed by atoms with Crippen molar-refractivity contribution in [1.29, 1.82) is 0 Å². The van der Waals surface area contributed by atoms with Crippen LogP contribution in [0.3, 0.4) is 0 Å². The summed E-state index contributed by atoms with van der Waals surface area (Å²) in [4.78, 5) is 8.76. The topological polar surface area (TPSA) is 102 Å². The van der Waals surface area contributed by atoms with E-state index in [0.29, 0.717) is 44.5 Å². The SMILES string of the molecule is CCCC#Cc1cc(OC)c(Nc2ncc(Cl)c(Nc3ccccc3P(C)(C)=O)n2)cc1N. The van der Waals surface area contributed by atoms with Crippen LogP contribution in [0.15, 0.2) is 42.6 Å². The first-order valence-corrected chi connectivity index (χ1v) is 13.4. The van der Waals surface area contributed by atoms with Gasteiger partial charge >= 0.3 is 0 Å². The number of anilines is 5. The van der Waals surface area contributed by atoms with Crippen LogP contribution in [0.1, 0.15) is 25.3 Å². The Morgan fingerprint density at radius 2 is 1.94 bits per heavy atom.